The molecule has 5 nitrogen and oxygen atoms in total. The minimum Gasteiger partial charge on any atom is -0.350 e. The van der Waals surface area contributed by atoms with Gasteiger partial charge in [-0.15, -0.1) is 0 Å². The smallest absolute Gasteiger partial charge is 0.350 e. The first-order valence-corrected chi connectivity index (χ1v) is 8.21. The van der Waals surface area contributed by atoms with Crippen molar-refractivity contribution in [3.63, 3.8) is 0 Å². The largest absolute Gasteiger partial charge is 0.435 e. The molecule has 1 fully saturated rings. The van der Waals surface area contributed by atoms with Gasteiger partial charge < -0.3 is 5.32 Å². The highest BCUT2D eigenvalue weighted by molar-refractivity contribution is 6.31. The van der Waals surface area contributed by atoms with Crippen molar-refractivity contribution in [1.82, 2.24) is 20.3 Å². The van der Waals surface area contributed by atoms with Gasteiger partial charge in [-0.1, -0.05) is 11.6 Å². The molecular formula is C16H11ClF6N4O. The summed E-state index contributed by atoms with van der Waals surface area (Å²) in [4.78, 5) is 22.5. The van der Waals surface area contributed by atoms with Gasteiger partial charge in [0.15, 0.2) is 11.4 Å². The average molecular weight is 425 g/mol. The summed E-state index contributed by atoms with van der Waals surface area (Å²) in [6.45, 7) is -0.155. The Hall–Kier alpha value is -2.43. The first-order chi connectivity index (χ1) is 12.9. The third-order valence-corrected chi connectivity index (χ3v) is 4.58. The summed E-state index contributed by atoms with van der Waals surface area (Å²) in [6.07, 6.45) is -6.17. The van der Waals surface area contributed by atoms with Crippen LogP contribution in [0.3, 0.4) is 0 Å². The van der Waals surface area contributed by atoms with Crippen molar-refractivity contribution in [2.45, 2.75) is 30.6 Å². The molecule has 150 valence electrons. The predicted molar refractivity (Wildman–Crippen MR) is 84.5 cm³/mol. The maximum absolute atomic E-state index is 12.9. The number of alkyl halides is 6. The quantitative estimate of drug-likeness (QED) is 0.753. The van der Waals surface area contributed by atoms with Crippen molar-refractivity contribution in [2.24, 2.45) is 0 Å². The van der Waals surface area contributed by atoms with Gasteiger partial charge >= 0.3 is 12.4 Å². The van der Waals surface area contributed by atoms with Crippen molar-refractivity contribution in [3.05, 3.63) is 52.3 Å². The van der Waals surface area contributed by atoms with Gasteiger partial charge in [-0.3, -0.25) is 9.78 Å². The minimum absolute atomic E-state index is 0.151. The van der Waals surface area contributed by atoms with E-state index in [0.717, 1.165) is 18.5 Å². The van der Waals surface area contributed by atoms with Gasteiger partial charge in [-0.2, -0.15) is 26.3 Å². The van der Waals surface area contributed by atoms with Crippen molar-refractivity contribution >= 4 is 17.5 Å². The van der Waals surface area contributed by atoms with Crippen LogP contribution in [0.1, 0.15) is 40.3 Å². The van der Waals surface area contributed by atoms with E-state index in [4.69, 9.17) is 11.6 Å². The number of nitrogens with one attached hydrogen (secondary N) is 1. The molecule has 2 aromatic heterocycles. The van der Waals surface area contributed by atoms with Gasteiger partial charge in [-0.25, -0.2) is 9.97 Å². The normalized spacial score (nSPS) is 16.0. The SMILES string of the molecule is O=C(NCC1(c2ncc(C(F)(F)F)cc2Cl)CC1)c1nccnc1C(F)(F)F. The molecule has 1 saturated carbocycles. The second-order valence-corrected chi connectivity index (χ2v) is 6.67. The lowest BCUT2D eigenvalue weighted by atomic mass is 10.0. The van der Waals surface area contributed by atoms with Gasteiger partial charge in [0.1, 0.15) is 0 Å². The van der Waals surface area contributed by atoms with Gasteiger partial charge in [0, 0.05) is 30.6 Å². The highest BCUT2D eigenvalue weighted by atomic mass is 35.5. The third-order valence-electron chi connectivity index (χ3n) is 4.29. The Labute approximate surface area is 159 Å². The molecule has 0 saturated heterocycles. The Bertz CT molecular complexity index is 911. The van der Waals surface area contributed by atoms with E-state index in [2.05, 4.69) is 20.3 Å². The van der Waals surface area contributed by atoms with E-state index in [1.54, 1.807) is 0 Å². The van der Waals surface area contributed by atoms with Crippen molar-refractivity contribution in [1.29, 1.82) is 0 Å². The Morgan fingerprint density at radius 3 is 2.25 bits per heavy atom. The van der Waals surface area contributed by atoms with Crippen molar-refractivity contribution < 1.29 is 31.1 Å². The van der Waals surface area contributed by atoms with Crippen LogP contribution in [0.2, 0.25) is 5.02 Å². The molecule has 0 atom stereocenters. The van der Waals surface area contributed by atoms with Gasteiger partial charge in [-0.05, 0) is 18.9 Å². The first kappa shape index (κ1) is 20.3. The molecule has 3 rings (SSSR count). The number of halogens is 7. The van der Waals surface area contributed by atoms with Crippen molar-refractivity contribution in [2.75, 3.05) is 6.54 Å². The van der Waals surface area contributed by atoms with Crippen LogP contribution >= 0.6 is 11.6 Å². The maximum Gasteiger partial charge on any atom is 0.435 e. The molecule has 12 heteroatoms. The molecule has 1 aliphatic carbocycles. The fraction of sp³-hybridized carbons (Fsp3) is 0.375. The second kappa shape index (κ2) is 6.87. The summed E-state index contributed by atoms with van der Waals surface area (Å²) < 4.78 is 77.0. The summed E-state index contributed by atoms with van der Waals surface area (Å²) >= 11 is 5.93. The van der Waals surface area contributed by atoms with Crippen LogP contribution in [-0.4, -0.2) is 27.4 Å². The Morgan fingerprint density at radius 1 is 1.07 bits per heavy atom. The van der Waals surface area contributed by atoms with E-state index in [0.29, 0.717) is 19.0 Å². The highest BCUT2D eigenvalue weighted by Crippen LogP contribution is 2.49. The van der Waals surface area contributed by atoms with Crippen LogP contribution in [-0.2, 0) is 17.8 Å². The Morgan fingerprint density at radius 2 is 1.71 bits per heavy atom. The fourth-order valence-corrected chi connectivity index (χ4v) is 3.04. The lowest BCUT2D eigenvalue weighted by molar-refractivity contribution is -0.142. The molecule has 1 aliphatic rings. The van der Waals surface area contributed by atoms with Crippen LogP contribution in [0.4, 0.5) is 26.3 Å². The zero-order valence-electron chi connectivity index (χ0n) is 13.8. The summed E-state index contributed by atoms with van der Waals surface area (Å²) in [7, 11) is 0. The molecule has 0 aliphatic heterocycles. The van der Waals surface area contributed by atoms with Crippen molar-refractivity contribution in [3.8, 4) is 0 Å². The van der Waals surface area contributed by atoms with E-state index < -0.39 is 40.6 Å². The number of rotatable bonds is 4. The zero-order chi connectivity index (χ0) is 20.7. The van der Waals surface area contributed by atoms with Crippen LogP contribution in [0.5, 0.6) is 0 Å². The molecule has 0 spiro atoms. The zero-order valence-corrected chi connectivity index (χ0v) is 14.6. The number of hydrogen-bond acceptors (Lipinski definition) is 4. The molecule has 1 amide bonds. The van der Waals surface area contributed by atoms with E-state index in [1.807, 2.05) is 0 Å². The topological polar surface area (TPSA) is 67.8 Å². The van der Waals surface area contributed by atoms with E-state index >= 15 is 0 Å². The molecule has 28 heavy (non-hydrogen) atoms. The molecule has 0 unspecified atom stereocenters. The maximum atomic E-state index is 12.9. The van der Waals surface area contributed by atoms with Crippen LogP contribution in [0.15, 0.2) is 24.7 Å². The number of pyridine rings is 1. The van der Waals surface area contributed by atoms with Gasteiger partial charge in [0.25, 0.3) is 5.91 Å². The van der Waals surface area contributed by atoms with Crippen LogP contribution in [0.25, 0.3) is 0 Å². The number of amides is 1. The summed E-state index contributed by atoms with van der Waals surface area (Å²) in [5, 5.41) is 2.10. The van der Waals surface area contributed by atoms with E-state index in [1.165, 1.54) is 0 Å². The minimum atomic E-state index is -4.86. The number of nitrogens with zero attached hydrogens (tertiary/aromatic N) is 3. The summed E-state index contributed by atoms with van der Waals surface area (Å²) in [5.74, 6) is -1.10. The number of carbonyl (C=O) groups excluding carboxylic acids is 1. The van der Waals surface area contributed by atoms with E-state index in [9.17, 15) is 31.1 Å². The van der Waals surface area contributed by atoms with Crippen LogP contribution < -0.4 is 5.32 Å². The molecule has 1 N–H and O–H groups in total. The first-order valence-electron chi connectivity index (χ1n) is 7.84. The van der Waals surface area contributed by atoms with E-state index in [-0.39, 0.29) is 17.3 Å². The Kier molecular flexibility index (Phi) is 4.98. The Balaban J connectivity index is 1.78. The van der Waals surface area contributed by atoms with Gasteiger partial charge in [0.2, 0.25) is 0 Å². The number of carbonyl (C=O) groups is 1. The monoisotopic (exact) mass is 424 g/mol. The highest BCUT2D eigenvalue weighted by Gasteiger charge is 2.48. The number of hydrogen-bond donors (Lipinski definition) is 1. The van der Waals surface area contributed by atoms with Crippen LogP contribution in [0, 0.1) is 0 Å². The molecule has 0 radical (unpaired) electrons. The summed E-state index contributed by atoms with van der Waals surface area (Å²) in [5.41, 5.74) is -4.02. The van der Waals surface area contributed by atoms with Gasteiger partial charge in [0.05, 0.1) is 16.3 Å². The lowest BCUT2D eigenvalue weighted by Gasteiger charge is -2.18. The average Bonchev–Trinajstić information content (AvgIpc) is 3.39. The lowest BCUT2D eigenvalue weighted by Crippen LogP contribution is -2.35. The molecular weight excluding hydrogens is 414 g/mol. The predicted octanol–water partition coefficient (Wildman–Crippen LogP) is 4.02. The summed E-state index contributed by atoms with van der Waals surface area (Å²) in [6, 6.07) is 0.732. The standard InChI is InChI=1S/C16H11ClF6N4O/c17-9-5-8(15(18,19)20)6-26-11(9)14(1-2-14)7-27-13(28)10-12(16(21,22)23)25-4-3-24-10/h3-6H,1-2,7H2,(H,27,28). The second-order valence-electron chi connectivity index (χ2n) is 6.27. The molecule has 2 aromatic rings. The molecule has 0 bridgehead atoms. The third kappa shape index (κ3) is 4.03. The molecule has 2 heterocycles. The molecule has 0 aromatic carbocycles. The fourth-order valence-electron chi connectivity index (χ4n) is 2.68. The number of aromatic nitrogens is 3.